The molecule has 1 fully saturated rings. The summed E-state index contributed by atoms with van der Waals surface area (Å²) in [4.78, 5) is 25.2. The van der Waals surface area contributed by atoms with Crippen LogP contribution in [0.3, 0.4) is 0 Å². The van der Waals surface area contributed by atoms with Crippen molar-refractivity contribution in [2.24, 2.45) is 5.92 Å². The molecule has 0 unspecified atom stereocenters. The van der Waals surface area contributed by atoms with Crippen LogP contribution in [-0.4, -0.2) is 36.2 Å². The van der Waals surface area contributed by atoms with E-state index in [0.29, 0.717) is 12.3 Å². The summed E-state index contributed by atoms with van der Waals surface area (Å²) in [7, 11) is 1.53. The fourth-order valence-electron chi connectivity index (χ4n) is 5.31. The van der Waals surface area contributed by atoms with Crippen LogP contribution < -0.4 is 5.32 Å². The minimum absolute atomic E-state index is 0.0850. The Hall–Kier alpha value is -2.66. The number of carbonyl (C=O) groups excluding carboxylic acids is 1. The van der Waals surface area contributed by atoms with Crippen LogP contribution >= 0.6 is 0 Å². The fraction of sp³-hybridized carbons (Fsp3) is 0.462. The first kappa shape index (κ1) is 21.6. The van der Waals surface area contributed by atoms with Crippen molar-refractivity contribution in [2.45, 2.75) is 56.4 Å². The summed E-state index contributed by atoms with van der Waals surface area (Å²) in [5.41, 5.74) is 2.82. The highest BCUT2D eigenvalue weighted by atomic mass is 16.5. The van der Waals surface area contributed by atoms with E-state index in [0.717, 1.165) is 28.7 Å². The minimum Gasteiger partial charge on any atom is -0.479 e. The zero-order valence-corrected chi connectivity index (χ0v) is 18.1. The zero-order valence-electron chi connectivity index (χ0n) is 18.1. The molecule has 0 amide bonds. The molecule has 4 rings (SSSR count). The molecule has 0 bridgehead atoms. The van der Waals surface area contributed by atoms with Gasteiger partial charge in [-0.15, -0.1) is 0 Å². The first-order valence-electron chi connectivity index (χ1n) is 11.3. The van der Waals surface area contributed by atoms with E-state index in [1.807, 2.05) is 24.3 Å². The number of carbonyl (C=O) groups is 2. The number of fused-ring (bicyclic) bond motifs is 3. The van der Waals surface area contributed by atoms with E-state index in [1.165, 1.54) is 32.7 Å². The molecule has 0 aliphatic heterocycles. The quantitative estimate of drug-likeness (QED) is 0.452. The van der Waals surface area contributed by atoms with Gasteiger partial charge in [-0.3, -0.25) is 5.32 Å². The molecule has 0 spiro atoms. The molecule has 2 aliphatic carbocycles. The van der Waals surface area contributed by atoms with E-state index in [-0.39, 0.29) is 18.9 Å². The highest BCUT2D eigenvalue weighted by molar-refractivity contribution is 6.04. The third-order valence-electron chi connectivity index (χ3n) is 7.12. The van der Waals surface area contributed by atoms with Crippen LogP contribution in [0.25, 0.3) is 11.1 Å². The van der Waals surface area contributed by atoms with E-state index in [9.17, 15) is 14.7 Å². The molecule has 1 saturated carbocycles. The SMILES string of the molecule is CN[C@@](CCCC1CCCC1)(C(=O)O)C(=O)OCC1c2ccccc2-c2ccccc21. The van der Waals surface area contributed by atoms with Gasteiger partial charge in [0.25, 0.3) is 0 Å². The normalized spacial score (nSPS) is 17.7. The number of aliphatic carboxylic acids is 1. The Balaban J connectivity index is 1.47. The lowest BCUT2D eigenvalue weighted by Crippen LogP contribution is -2.57. The third-order valence-corrected chi connectivity index (χ3v) is 7.12. The van der Waals surface area contributed by atoms with Gasteiger partial charge in [0.15, 0.2) is 0 Å². The molecule has 0 heterocycles. The number of hydrogen-bond donors (Lipinski definition) is 2. The Morgan fingerprint density at radius 2 is 1.61 bits per heavy atom. The van der Waals surface area contributed by atoms with E-state index in [1.54, 1.807) is 0 Å². The van der Waals surface area contributed by atoms with Crippen molar-refractivity contribution in [1.29, 1.82) is 0 Å². The maximum absolute atomic E-state index is 13.1. The van der Waals surface area contributed by atoms with Crippen molar-refractivity contribution in [3.05, 3.63) is 59.7 Å². The summed E-state index contributed by atoms with van der Waals surface area (Å²) in [6.45, 7) is 0.131. The number of rotatable bonds is 9. The van der Waals surface area contributed by atoms with Crippen molar-refractivity contribution >= 4 is 11.9 Å². The van der Waals surface area contributed by atoms with Crippen LogP contribution in [0.1, 0.15) is 62.0 Å². The van der Waals surface area contributed by atoms with Crippen LogP contribution in [0.2, 0.25) is 0 Å². The van der Waals surface area contributed by atoms with Gasteiger partial charge in [-0.2, -0.15) is 0 Å². The van der Waals surface area contributed by atoms with Gasteiger partial charge in [0.1, 0.15) is 6.61 Å². The molecule has 5 nitrogen and oxygen atoms in total. The van der Waals surface area contributed by atoms with E-state index >= 15 is 0 Å². The molecule has 0 aromatic heterocycles. The van der Waals surface area contributed by atoms with Gasteiger partial charge in [-0.05, 0) is 41.6 Å². The van der Waals surface area contributed by atoms with Crippen LogP contribution in [-0.2, 0) is 14.3 Å². The van der Waals surface area contributed by atoms with Gasteiger partial charge in [0.05, 0.1) is 0 Å². The number of nitrogens with one attached hydrogen (secondary N) is 1. The Labute approximate surface area is 183 Å². The molecule has 5 heteroatoms. The number of carboxylic acids is 1. The third kappa shape index (κ3) is 4.11. The molecule has 1 atom stereocenters. The second-order valence-corrected chi connectivity index (χ2v) is 8.83. The monoisotopic (exact) mass is 421 g/mol. The predicted molar refractivity (Wildman–Crippen MR) is 120 cm³/mol. The summed E-state index contributed by atoms with van der Waals surface area (Å²) in [6.07, 6.45) is 6.84. The molecule has 31 heavy (non-hydrogen) atoms. The topological polar surface area (TPSA) is 75.6 Å². The maximum Gasteiger partial charge on any atom is 0.338 e. The lowest BCUT2D eigenvalue weighted by Gasteiger charge is -2.28. The Bertz CT molecular complexity index is 904. The highest BCUT2D eigenvalue weighted by Gasteiger charge is 2.46. The fourth-order valence-corrected chi connectivity index (χ4v) is 5.31. The van der Waals surface area contributed by atoms with Gasteiger partial charge < -0.3 is 9.84 Å². The van der Waals surface area contributed by atoms with Crippen molar-refractivity contribution in [3.8, 4) is 11.1 Å². The molecule has 2 aliphatic rings. The maximum atomic E-state index is 13.1. The minimum atomic E-state index is -1.70. The number of likely N-dealkylation sites (N-methyl/N-ethyl adjacent to an activating group) is 1. The number of carboxylic acid groups (broad SMARTS) is 1. The van der Waals surface area contributed by atoms with Gasteiger partial charge in [0.2, 0.25) is 5.54 Å². The van der Waals surface area contributed by atoms with Crippen molar-refractivity contribution in [2.75, 3.05) is 13.7 Å². The summed E-state index contributed by atoms with van der Waals surface area (Å²) in [6, 6.07) is 16.2. The predicted octanol–water partition coefficient (Wildman–Crippen LogP) is 4.75. The summed E-state index contributed by atoms with van der Waals surface area (Å²) >= 11 is 0. The molecule has 0 saturated heterocycles. The average Bonchev–Trinajstić information content (AvgIpc) is 3.41. The molecular weight excluding hydrogens is 390 g/mol. The molecule has 164 valence electrons. The average molecular weight is 422 g/mol. The molecular formula is C26H31NO4. The zero-order chi connectivity index (χ0) is 21.8. The Morgan fingerprint density at radius 1 is 1.03 bits per heavy atom. The van der Waals surface area contributed by atoms with Crippen LogP contribution in [0.15, 0.2) is 48.5 Å². The van der Waals surface area contributed by atoms with Gasteiger partial charge in [-0.1, -0.05) is 87.1 Å². The first-order chi connectivity index (χ1) is 15.1. The van der Waals surface area contributed by atoms with Crippen molar-refractivity contribution < 1.29 is 19.4 Å². The Morgan fingerprint density at radius 3 is 2.16 bits per heavy atom. The van der Waals surface area contributed by atoms with Crippen LogP contribution in [0.4, 0.5) is 0 Å². The molecule has 2 N–H and O–H groups in total. The Kier molecular flexibility index (Phi) is 6.42. The van der Waals surface area contributed by atoms with E-state index < -0.39 is 17.5 Å². The van der Waals surface area contributed by atoms with E-state index in [2.05, 4.69) is 29.6 Å². The number of hydrogen-bond acceptors (Lipinski definition) is 4. The summed E-state index contributed by atoms with van der Waals surface area (Å²) in [5, 5.41) is 12.7. The molecule has 0 radical (unpaired) electrons. The van der Waals surface area contributed by atoms with Gasteiger partial charge in [-0.25, -0.2) is 9.59 Å². The summed E-state index contributed by atoms with van der Waals surface area (Å²) in [5.74, 6) is -1.29. The standard InChI is InChI=1S/C26H31NO4/c1-27-26(24(28)29,16-8-11-18-9-2-3-10-18)25(30)31-17-23-21-14-6-4-12-19(21)20-13-5-7-15-22(20)23/h4-7,12-15,18,23,27H,2-3,8-11,16-17H2,1H3,(H,28,29)/t26-/m0/s1. The number of esters is 1. The van der Waals surface area contributed by atoms with Gasteiger partial charge in [0, 0.05) is 5.92 Å². The number of benzene rings is 2. The van der Waals surface area contributed by atoms with Crippen LogP contribution in [0.5, 0.6) is 0 Å². The summed E-state index contributed by atoms with van der Waals surface area (Å²) < 4.78 is 5.70. The second kappa shape index (κ2) is 9.23. The molecule has 2 aromatic rings. The molecule has 2 aromatic carbocycles. The van der Waals surface area contributed by atoms with Gasteiger partial charge >= 0.3 is 11.9 Å². The lowest BCUT2D eigenvalue weighted by molar-refractivity contribution is -0.163. The second-order valence-electron chi connectivity index (χ2n) is 8.83. The highest BCUT2D eigenvalue weighted by Crippen LogP contribution is 2.44. The number of ether oxygens (including phenoxy) is 1. The van der Waals surface area contributed by atoms with Crippen molar-refractivity contribution in [3.63, 3.8) is 0 Å². The first-order valence-corrected chi connectivity index (χ1v) is 11.3. The smallest absolute Gasteiger partial charge is 0.338 e. The lowest BCUT2D eigenvalue weighted by atomic mass is 9.89. The largest absolute Gasteiger partial charge is 0.479 e. The van der Waals surface area contributed by atoms with Crippen LogP contribution in [0, 0.1) is 5.92 Å². The van der Waals surface area contributed by atoms with E-state index in [4.69, 9.17) is 4.74 Å². The van der Waals surface area contributed by atoms with Crippen molar-refractivity contribution in [1.82, 2.24) is 5.32 Å².